The summed E-state index contributed by atoms with van der Waals surface area (Å²) in [4.78, 5) is 0. The van der Waals surface area contributed by atoms with Gasteiger partial charge in [-0.25, -0.2) is 0 Å². The third kappa shape index (κ3) is 2.84. The molecule has 0 bridgehead atoms. The van der Waals surface area contributed by atoms with Crippen molar-refractivity contribution in [3.63, 3.8) is 0 Å². The van der Waals surface area contributed by atoms with Crippen LogP contribution in [-0.4, -0.2) is 11.7 Å². The maximum atomic E-state index is 9.04. The van der Waals surface area contributed by atoms with E-state index in [1.54, 1.807) is 0 Å². The fourth-order valence-electron chi connectivity index (χ4n) is 2.56. The minimum atomic E-state index is 0.0983. The highest BCUT2D eigenvalue weighted by molar-refractivity contribution is 5.37. The van der Waals surface area contributed by atoms with E-state index in [2.05, 4.69) is 29.6 Å². The van der Waals surface area contributed by atoms with Crippen LogP contribution in [0.25, 0.3) is 0 Å². The molecule has 1 atom stereocenters. The van der Waals surface area contributed by atoms with Gasteiger partial charge in [0.05, 0.1) is 13.2 Å². The highest BCUT2D eigenvalue weighted by atomic mass is 16.5. The maximum Gasteiger partial charge on any atom is 0.124 e. The molecule has 0 amide bonds. The molecule has 0 saturated heterocycles. The average Bonchev–Trinajstić information content (AvgIpc) is 2.53. The number of hydrogen-bond acceptors (Lipinski definition) is 3. The molecule has 0 aliphatic carbocycles. The molecule has 104 valence electrons. The van der Waals surface area contributed by atoms with Gasteiger partial charge in [-0.2, -0.15) is 0 Å². The highest BCUT2D eigenvalue weighted by Gasteiger charge is 2.20. The van der Waals surface area contributed by atoms with Gasteiger partial charge >= 0.3 is 0 Å². The van der Waals surface area contributed by atoms with Gasteiger partial charge in [0, 0.05) is 24.6 Å². The van der Waals surface area contributed by atoms with Crippen molar-refractivity contribution in [1.82, 2.24) is 5.32 Å². The molecule has 20 heavy (non-hydrogen) atoms. The predicted molar refractivity (Wildman–Crippen MR) is 78.5 cm³/mol. The van der Waals surface area contributed by atoms with Crippen molar-refractivity contribution in [3.8, 4) is 5.75 Å². The molecule has 0 aromatic heterocycles. The zero-order chi connectivity index (χ0) is 13.8. The number of aliphatic hydroxyl groups is 1. The summed E-state index contributed by atoms with van der Waals surface area (Å²) < 4.78 is 5.67. The van der Waals surface area contributed by atoms with Gasteiger partial charge in [-0.1, -0.05) is 42.5 Å². The van der Waals surface area contributed by atoms with Gasteiger partial charge in [0.25, 0.3) is 0 Å². The van der Waals surface area contributed by atoms with E-state index >= 15 is 0 Å². The Morgan fingerprint density at radius 2 is 1.80 bits per heavy atom. The number of hydrogen-bond donors (Lipinski definition) is 2. The fourth-order valence-corrected chi connectivity index (χ4v) is 2.56. The highest BCUT2D eigenvalue weighted by Crippen LogP contribution is 2.31. The van der Waals surface area contributed by atoms with Crippen LogP contribution in [0.15, 0.2) is 48.5 Å². The maximum absolute atomic E-state index is 9.04. The van der Waals surface area contributed by atoms with Crippen LogP contribution in [0.2, 0.25) is 0 Å². The van der Waals surface area contributed by atoms with Gasteiger partial charge in [0.15, 0.2) is 0 Å². The van der Waals surface area contributed by atoms with Crippen molar-refractivity contribution < 1.29 is 9.84 Å². The Labute approximate surface area is 119 Å². The Morgan fingerprint density at radius 3 is 2.60 bits per heavy atom. The first-order chi connectivity index (χ1) is 9.86. The van der Waals surface area contributed by atoms with Crippen molar-refractivity contribution in [2.75, 3.05) is 6.61 Å². The summed E-state index contributed by atoms with van der Waals surface area (Å²) in [7, 11) is 0. The Hall–Kier alpha value is -1.84. The molecule has 0 saturated carbocycles. The Bertz CT molecular complexity index is 565. The summed E-state index contributed by atoms with van der Waals surface area (Å²) in [5.74, 6) is 0.992. The molecule has 0 spiro atoms. The molecule has 3 heteroatoms. The second-order valence-electron chi connectivity index (χ2n) is 5.08. The summed E-state index contributed by atoms with van der Waals surface area (Å²) in [6.45, 7) is 1.68. The van der Waals surface area contributed by atoms with E-state index in [1.165, 1.54) is 11.1 Å². The van der Waals surface area contributed by atoms with Gasteiger partial charge in [-0.3, -0.25) is 0 Å². The van der Waals surface area contributed by atoms with Crippen LogP contribution in [0.4, 0.5) is 0 Å². The molecule has 0 fully saturated rings. The second-order valence-corrected chi connectivity index (χ2v) is 5.08. The van der Waals surface area contributed by atoms with Crippen molar-refractivity contribution in [2.45, 2.75) is 25.6 Å². The monoisotopic (exact) mass is 269 g/mol. The number of fused-ring (bicyclic) bond motifs is 1. The molecule has 1 aliphatic heterocycles. The first-order valence-electron chi connectivity index (χ1n) is 7.00. The molecule has 3 rings (SSSR count). The van der Waals surface area contributed by atoms with Gasteiger partial charge in [-0.15, -0.1) is 0 Å². The Kier molecular flexibility index (Phi) is 4.00. The van der Waals surface area contributed by atoms with Crippen LogP contribution in [0, 0.1) is 0 Å². The molecule has 3 nitrogen and oxygen atoms in total. The van der Waals surface area contributed by atoms with Crippen molar-refractivity contribution in [1.29, 1.82) is 0 Å². The average molecular weight is 269 g/mol. The molecule has 0 radical (unpaired) electrons. The number of benzene rings is 2. The van der Waals surface area contributed by atoms with E-state index in [0.717, 1.165) is 30.9 Å². The van der Waals surface area contributed by atoms with Crippen LogP contribution >= 0.6 is 0 Å². The van der Waals surface area contributed by atoms with E-state index in [4.69, 9.17) is 9.84 Å². The smallest absolute Gasteiger partial charge is 0.124 e. The van der Waals surface area contributed by atoms with E-state index < -0.39 is 0 Å². The summed E-state index contributed by atoms with van der Waals surface area (Å²) >= 11 is 0. The van der Waals surface area contributed by atoms with Crippen molar-refractivity contribution in [3.05, 3.63) is 65.2 Å². The molecule has 2 aromatic rings. The molecule has 2 aromatic carbocycles. The first kappa shape index (κ1) is 13.2. The summed E-state index contributed by atoms with van der Waals surface area (Å²) in [6.07, 6.45) is 0.992. The number of rotatable bonds is 4. The lowest BCUT2D eigenvalue weighted by Crippen LogP contribution is -2.26. The molecule has 2 N–H and O–H groups in total. The number of aliphatic hydroxyl groups excluding tert-OH is 1. The van der Waals surface area contributed by atoms with Crippen molar-refractivity contribution in [2.24, 2.45) is 0 Å². The number of nitrogens with one attached hydrogen (secondary N) is 1. The molecule has 1 heterocycles. The van der Waals surface area contributed by atoms with Crippen LogP contribution in [-0.2, 0) is 13.2 Å². The third-order valence-corrected chi connectivity index (χ3v) is 3.72. The fraction of sp³-hybridized carbons (Fsp3) is 0.294. The quantitative estimate of drug-likeness (QED) is 0.896. The standard InChI is InChI=1S/C17H19NO2/c19-12-14-7-5-13(6-8-14)11-18-16-9-10-20-17-4-2-1-3-15(16)17/h1-8,16,18-19H,9-12H2. The minimum absolute atomic E-state index is 0.0983. The van der Waals surface area contributed by atoms with Crippen LogP contribution < -0.4 is 10.1 Å². The lowest BCUT2D eigenvalue weighted by molar-refractivity contribution is 0.252. The third-order valence-electron chi connectivity index (χ3n) is 3.72. The number of ether oxygens (including phenoxy) is 1. The molecular formula is C17H19NO2. The summed E-state index contributed by atoms with van der Waals surface area (Å²) in [5.41, 5.74) is 3.42. The summed E-state index contributed by atoms with van der Waals surface area (Å²) in [5, 5.41) is 12.6. The van der Waals surface area contributed by atoms with E-state index in [-0.39, 0.29) is 6.61 Å². The largest absolute Gasteiger partial charge is 0.493 e. The van der Waals surface area contributed by atoms with Crippen LogP contribution in [0.3, 0.4) is 0 Å². The zero-order valence-corrected chi connectivity index (χ0v) is 11.4. The van der Waals surface area contributed by atoms with Gasteiger partial charge in [-0.05, 0) is 17.2 Å². The topological polar surface area (TPSA) is 41.5 Å². The summed E-state index contributed by atoms with van der Waals surface area (Å²) in [6, 6.07) is 16.6. The van der Waals surface area contributed by atoms with Gasteiger partial charge in [0.2, 0.25) is 0 Å². The predicted octanol–water partition coefficient (Wildman–Crippen LogP) is 2.79. The van der Waals surface area contributed by atoms with Gasteiger partial charge in [0.1, 0.15) is 5.75 Å². The molecule has 1 aliphatic rings. The minimum Gasteiger partial charge on any atom is -0.493 e. The second kappa shape index (κ2) is 6.07. The zero-order valence-electron chi connectivity index (χ0n) is 11.4. The normalized spacial score (nSPS) is 17.4. The van der Waals surface area contributed by atoms with Crippen molar-refractivity contribution >= 4 is 0 Å². The van der Waals surface area contributed by atoms with Crippen LogP contribution in [0.5, 0.6) is 5.75 Å². The number of para-hydroxylation sites is 1. The Morgan fingerprint density at radius 1 is 1.05 bits per heavy atom. The lowest BCUT2D eigenvalue weighted by atomic mass is 10.0. The first-order valence-corrected chi connectivity index (χ1v) is 7.00. The lowest BCUT2D eigenvalue weighted by Gasteiger charge is -2.26. The Balaban J connectivity index is 1.66. The molecular weight excluding hydrogens is 250 g/mol. The van der Waals surface area contributed by atoms with Gasteiger partial charge < -0.3 is 15.2 Å². The van der Waals surface area contributed by atoms with E-state index in [1.807, 2.05) is 24.3 Å². The van der Waals surface area contributed by atoms with E-state index in [0.29, 0.717) is 6.04 Å². The van der Waals surface area contributed by atoms with Crippen LogP contribution in [0.1, 0.15) is 29.2 Å². The van der Waals surface area contributed by atoms with E-state index in [9.17, 15) is 0 Å². The molecule has 1 unspecified atom stereocenters. The SMILES string of the molecule is OCc1ccc(CNC2CCOc3ccccc32)cc1.